The second kappa shape index (κ2) is 10.3. The van der Waals surface area contributed by atoms with Gasteiger partial charge in [-0.05, 0) is 56.2 Å². The largest absolute Gasteiger partial charge is 0.491 e. The monoisotopic (exact) mass is 523 g/mol. The molecule has 1 atom stereocenters. The van der Waals surface area contributed by atoms with Crippen molar-refractivity contribution in [2.45, 2.75) is 76.1 Å². The minimum absolute atomic E-state index is 0.0219. The first kappa shape index (κ1) is 26.9. The lowest BCUT2D eigenvalue weighted by atomic mass is 9.88. The van der Waals surface area contributed by atoms with E-state index in [-0.39, 0.29) is 16.7 Å². The number of aliphatic carboxylic acids is 1. The molecule has 1 aliphatic heterocycles. The van der Waals surface area contributed by atoms with Gasteiger partial charge in [0.15, 0.2) is 0 Å². The number of thioether (sulfide) groups is 1. The quantitative estimate of drug-likeness (QED) is 0.254. The lowest BCUT2D eigenvalue weighted by Crippen LogP contribution is -2.30. The number of benzene rings is 2. The van der Waals surface area contributed by atoms with E-state index in [2.05, 4.69) is 42.8 Å². The number of nitrogens with zero attached hydrogens (tertiary/aromatic N) is 1. The third kappa shape index (κ3) is 6.42. The number of nitrogen functional groups attached to an aromatic ring is 1. The molecule has 1 fully saturated rings. The number of hydrogen-bond acceptors (Lipinski definition) is 5. The number of ether oxygens (including phenoxy) is 1. The van der Waals surface area contributed by atoms with Crippen LogP contribution in [0.1, 0.15) is 58.7 Å². The highest BCUT2D eigenvalue weighted by molar-refractivity contribution is 8.00. The van der Waals surface area contributed by atoms with Crippen molar-refractivity contribution in [2.75, 3.05) is 12.3 Å². The minimum atomic E-state index is -0.944. The fourth-order valence-corrected chi connectivity index (χ4v) is 5.71. The molecule has 0 saturated carbocycles. The number of anilines is 1. The molecule has 7 nitrogen and oxygen atoms in total. The Morgan fingerprint density at radius 3 is 2.46 bits per heavy atom. The maximum absolute atomic E-state index is 12.2. The average Bonchev–Trinajstić information content (AvgIpc) is 3.34. The SMILES string of the molecule is CC(C)(C)Sc1c(CC(C)(C)C(=O)O)n(Cc2ccc(N)cc2)c2ccc(OCC3CCC(=O)N3)cc12. The third-order valence-electron chi connectivity index (χ3n) is 6.54. The Morgan fingerprint density at radius 1 is 1.16 bits per heavy atom. The van der Waals surface area contributed by atoms with Crippen LogP contribution in [0, 0.1) is 5.41 Å². The molecule has 1 amide bonds. The van der Waals surface area contributed by atoms with Gasteiger partial charge in [0, 0.05) is 51.3 Å². The third-order valence-corrected chi connectivity index (χ3v) is 7.82. The van der Waals surface area contributed by atoms with Crippen molar-refractivity contribution >= 4 is 40.2 Å². The number of fused-ring (bicyclic) bond motifs is 1. The number of carboxylic acid groups (broad SMARTS) is 1. The van der Waals surface area contributed by atoms with Crippen LogP contribution in [0.2, 0.25) is 0 Å². The van der Waals surface area contributed by atoms with Gasteiger partial charge in [-0.3, -0.25) is 9.59 Å². The molecule has 0 radical (unpaired) electrons. The predicted octanol–water partition coefficient (Wildman–Crippen LogP) is 5.47. The first-order valence-corrected chi connectivity index (χ1v) is 13.5. The van der Waals surface area contributed by atoms with Gasteiger partial charge in [-0.1, -0.05) is 32.9 Å². The van der Waals surface area contributed by atoms with Crippen molar-refractivity contribution in [3.63, 3.8) is 0 Å². The van der Waals surface area contributed by atoms with E-state index in [9.17, 15) is 14.7 Å². The number of carboxylic acids is 1. The van der Waals surface area contributed by atoms with Crippen molar-refractivity contribution in [1.29, 1.82) is 0 Å². The molecule has 37 heavy (non-hydrogen) atoms. The molecule has 1 aliphatic rings. The molecule has 0 bridgehead atoms. The summed E-state index contributed by atoms with van der Waals surface area (Å²) >= 11 is 1.75. The number of amides is 1. The van der Waals surface area contributed by atoms with Gasteiger partial charge in [-0.25, -0.2) is 0 Å². The number of hydrogen-bond donors (Lipinski definition) is 3. The van der Waals surface area contributed by atoms with Crippen LogP contribution in [0.5, 0.6) is 5.75 Å². The van der Waals surface area contributed by atoms with Crippen molar-refractivity contribution < 1.29 is 19.4 Å². The van der Waals surface area contributed by atoms with E-state index in [1.165, 1.54) is 0 Å². The highest BCUT2D eigenvalue weighted by Gasteiger charge is 2.33. The van der Waals surface area contributed by atoms with Crippen molar-refractivity contribution in [1.82, 2.24) is 9.88 Å². The number of nitrogens with one attached hydrogen (secondary N) is 1. The Kier molecular flexibility index (Phi) is 7.51. The molecule has 2 heterocycles. The Bertz CT molecular complexity index is 1310. The van der Waals surface area contributed by atoms with Crippen LogP contribution in [-0.4, -0.2) is 38.9 Å². The van der Waals surface area contributed by atoms with Crippen molar-refractivity contribution in [3.05, 3.63) is 53.7 Å². The van der Waals surface area contributed by atoms with Gasteiger partial charge in [-0.2, -0.15) is 0 Å². The molecule has 3 aromatic rings. The summed E-state index contributed by atoms with van der Waals surface area (Å²) in [7, 11) is 0. The lowest BCUT2D eigenvalue weighted by Gasteiger charge is -2.24. The van der Waals surface area contributed by atoms with Gasteiger partial charge in [0.05, 0.1) is 11.5 Å². The molecule has 4 rings (SSSR count). The standard InChI is InChI=1S/C29H37N3O4S/c1-28(2,3)37-26-22-14-21(36-17-20-10-13-25(33)31-20)11-12-23(22)32(16-18-6-8-19(30)9-7-18)24(26)15-29(4,5)27(34)35/h6-9,11-12,14,20H,10,13,15-17,30H2,1-5H3,(H,31,33)(H,34,35). The number of aromatic nitrogens is 1. The van der Waals surface area contributed by atoms with Crippen LogP contribution in [-0.2, 0) is 22.6 Å². The number of rotatable bonds is 9. The first-order chi connectivity index (χ1) is 17.3. The van der Waals surface area contributed by atoms with Gasteiger partial charge < -0.3 is 25.5 Å². The normalized spacial score (nSPS) is 16.2. The molecular formula is C29H37N3O4S. The molecule has 0 aliphatic carbocycles. The zero-order valence-corrected chi connectivity index (χ0v) is 23.1. The Labute approximate surface area is 222 Å². The highest BCUT2D eigenvalue weighted by Crippen LogP contribution is 2.44. The smallest absolute Gasteiger partial charge is 0.309 e. The molecular weight excluding hydrogens is 486 g/mol. The molecule has 8 heteroatoms. The first-order valence-electron chi connectivity index (χ1n) is 12.7. The topological polar surface area (TPSA) is 107 Å². The Morgan fingerprint density at radius 2 is 1.86 bits per heavy atom. The summed E-state index contributed by atoms with van der Waals surface area (Å²) in [5.41, 5.74) is 8.79. The highest BCUT2D eigenvalue weighted by atomic mass is 32.2. The van der Waals surface area contributed by atoms with Gasteiger partial charge in [0.2, 0.25) is 5.91 Å². The maximum atomic E-state index is 12.2. The van der Waals surface area contributed by atoms with E-state index in [1.54, 1.807) is 25.6 Å². The van der Waals surface area contributed by atoms with Gasteiger partial charge >= 0.3 is 5.97 Å². The number of carbonyl (C=O) groups excluding carboxylic acids is 1. The summed E-state index contributed by atoms with van der Waals surface area (Å²) in [6.45, 7) is 11.1. The van der Waals surface area contributed by atoms with Crippen molar-refractivity contribution in [2.24, 2.45) is 5.41 Å². The maximum Gasteiger partial charge on any atom is 0.309 e. The second-order valence-electron chi connectivity index (χ2n) is 11.5. The Balaban J connectivity index is 1.82. The zero-order chi connectivity index (χ0) is 27.0. The van der Waals surface area contributed by atoms with E-state index >= 15 is 0 Å². The van der Waals surface area contributed by atoms with Crippen LogP contribution in [0.15, 0.2) is 47.4 Å². The lowest BCUT2D eigenvalue weighted by molar-refractivity contribution is -0.146. The Hall–Kier alpha value is -3.13. The summed E-state index contributed by atoms with van der Waals surface area (Å²) in [4.78, 5) is 24.8. The van der Waals surface area contributed by atoms with Crippen molar-refractivity contribution in [3.8, 4) is 5.75 Å². The molecule has 0 spiro atoms. The van der Waals surface area contributed by atoms with Gasteiger partial charge in [0.25, 0.3) is 0 Å². The summed E-state index contributed by atoms with van der Waals surface area (Å²) < 4.78 is 8.26. The zero-order valence-electron chi connectivity index (χ0n) is 22.3. The van der Waals surface area contributed by atoms with Gasteiger partial charge in [-0.15, -0.1) is 11.8 Å². The van der Waals surface area contributed by atoms with Crippen LogP contribution in [0.4, 0.5) is 5.69 Å². The molecule has 198 valence electrons. The molecule has 2 aromatic carbocycles. The summed E-state index contributed by atoms with van der Waals surface area (Å²) in [6, 6.07) is 13.9. The number of nitrogens with two attached hydrogens (primary N) is 1. The summed E-state index contributed by atoms with van der Waals surface area (Å²) in [5.74, 6) is -0.0254. The minimum Gasteiger partial charge on any atom is -0.491 e. The van der Waals surface area contributed by atoms with E-state index in [1.807, 2.05) is 30.3 Å². The van der Waals surface area contributed by atoms with Crippen LogP contribution < -0.4 is 15.8 Å². The number of carbonyl (C=O) groups is 2. The summed E-state index contributed by atoms with van der Waals surface area (Å²) in [5, 5.41) is 14.0. The van der Waals surface area contributed by atoms with E-state index in [4.69, 9.17) is 10.5 Å². The molecule has 1 aromatic heterocycles. The van der Waals surface area contributed by atoms with Crippen LogP contribution in [0.3, 0.4) is 0 Å². The van der Waals surface area contributed by atoms with E-state index < -0.39 is 11.4 Å². The van der Waals surface area contributed by atoms with Crippen LogP contribution in [0.25, 0.3) is 10.9 Å². The molecule has 4 N–H and O–H groups in total. The summed E-state index contributed by atoms with van der Waals surface area (Å²) in [6.07, 6.45) is 1.70. The fraction of sp³-hybridized carbons (Fsp3) is 0.448. The second-order valence-corrected chi connectivity index (χ2v) is 13.3. The molecule has 1 unspecified atom stereocenters. The average molecular weight is 524 g/mol. The van der Waals surface area contributed by atoms with E-state index in [0.717, 1.165) is 39.2 Å². The van der Waals surface area contributed by atoms with E-state index in [0.29, 0.717) is 31.7 Å². The fourth-order valence-electron chi connectivity index (χ4n) is 4.52. The molecule has 1 saturated heterocycles. The van der Waals surface area contributed by atoms with Crippen LogP contribution >= 0.6 is 11.8 Å². The predicted molar refractivity (Wildman–Crippen MR) is 149 cm³/mol. The van der Waals surface area contributed by atoms with Gasteiger partial charge in [0.1, 0.15) is 12.4 Å².